The quantitative estimate of drug-likeness (QED) is 0.371. The summed E-state index contributed by atoms with van der Waals surface area (Å²) in [7, 11) is 0. The Kier molecular flexibility index (Phi) is 5.40. The zero-order valence-corrected chi connectivity index (χ0v) is 10.5. The van der Waals surface area contributed by atoms with E-state index < -0.39 is 12.0 Å². The Morgan fingerprint density at radius 2 is 2.00 bits per heavy atom. The van der Waals surface area contributed by atoms with E-state index >= 15 is 0 Å². The SMILES string of the molecule is C/C(=C\CCNC(=O)Nc1ccccc1O)C(=O)O. The Hall–Kier alpha value is -2.50. The number of carboxylic acids is 1. The molecule has 0 unspecified atom stereocenters. The molecular formula is C13H16N2O4. The molecule has 0 aliphatic carbocycles. The van der Waals surface area contributed by atoms with E-state index in [0.29, 0.717) is 18.7 Å². The maximum Gasteiger partial charge on any atom is 0.330 e. The Morgan fingerprint density at radius 1 is 1.32 bits per heavy atom. The molecule has 0 aliphatic heterocycles. The number of hydrogen-bond donors (Lipinski definition) is 4. The van der Waals surface area contributed by atoms with Gasteiger partial charge in [0.2, 0.25) is 0 Å². The van der Waals surface area contributed by atoms with Gasteiger partial charge in [0.05, 0.1) is 5.69 Å². The predicted octanol–water partition coefficient (Wildman–Crippen LogP) is 1.93. The van der Waals surface area contributed by atoms with Crippen LogP contribution in [0.25, 0.3) is 0 Å². The Morgan fingerprint density at radius 3 is 2.63 bits per heavy atom. The van der Waals surface area contributed by atoms with Gasteiger partial charge in [0.15, 0.2) is 0 Å². The van der Waals surface area contributed by atoms with E-state index in [0.717, 1.165) is 0 Å². The number of aliphatic carboxylic acids is 1. The van der Waals surface area contributed by atoms with Crippen LogP contribution < -0.4 is 10.6 Å². The predicted molar refractivity (Wildman–Crippen MR) is 71.1 cm³/mol. The summed E-state index contributed by atoms with van der Waals surface area (Å²) in [5.41, 5.74) is 0.556. The highest BCUT2D eigenvalue weighted by molar-refractivity contribution is 5.90. The van der Waals surface area contributed by atoms with Crippen LogP contribution in [0.1, 0.15) is 13.3 Å². The number of rotatable bonds is 5. The number of carboxylic acid groups (broad SMARTS) is 1. The van der Waals surface area contributed by atoms with E-state index in [4.69, 9.17) is 5.11 Å². The third-order valence-electron chi connectivity index (χ3n) is 2.37. The van der Waals surface area contributed by atoms with Gasteiger partial charge in [-0.3, -0.25) is 0 Å². The number of nitrogens with one attached hydrogen (secondary N) is 2. The second-order valence-electron chi connectivity index (χ2n) is 3.88. The Labute approximate surface area is 110 Å². The lowest BCUT2D eigenvalue weighted by Crippen LogP contribution is -2.29. The summed E-state index contributed by atoms with van der Waals surface area (Å²) in [5, 5.41) is 23.1. The molecule has 0 aromatic heterocycles. The molecule has 1 aromatic rings. The van der Waals surface area contributed by atoms with Gasteiger partial charge in [-0.25, -0.2) is 9.59 Å². The molecule has 0 saturated carbocycles. The number of benzene rings is 1. The fourth-order valence-corrected chi connectivity index (χ4v) is 1.31. The summed E-state index contributed by atoms with van der Waals surface area (Å²) in [6, 6.07) is 5.92. The van der Waals surface area contributed by atoms with Crippen LogP contribution in [0.4, 0.5) is 10.5 Å². The number of carbonyl (C=O) groups excluding carboxylic acids is 1. The second-order valence-corrected chi connectivity index (χ2v) is 3.88. The van der Waals surface area contributed by atoms with Crippen LogP contribution in [-0.4, -0.2) is 28.8 Å². The molecule has 1 rings (SSSR count). The van der Waals surface area contributed by atoms with Crippen molar-refractivity contribution in [2.24, 2.45) is 0 Å². The summed E-state index contributed by atoms with van der Waals surface area (Å²) in [5.74, 6) is -0.988. The van der Waals surface area contributed by atoms with Crippen LogP contribution in [0, 0.1) is 0 Å². The molecule has 0 fully saturated rings. The van der Waals surface area contributed by atoms with Crippen LogP contribution in [0.3, 0.4) is 0 Å². The fourth-order valence-electron chi connectivity index (χ4n) is 1.31. The van der Waals surface area contributed by atoms with Crippen molar-refractivity contribution in [3.63, 3.8) is 0 Å². The standard InChI is InChI=1S/C13H16N2O4/c1-9(12(17)18)5-4-8-14-13(19)15-10-6-2-3-7-11(10)16/h2-3,5-7,16H,4,8H2,1H3,(H,17,18)(H2,14,15,19)/b9-5+. The summed E-state index contributed by atoms with van der Waals surface area (Å²) < 4.78 is 0. The van der Waals surface area contributed by atoms with Crippen molar-refractivity contribution in [1.29, 1.82) is 0 Å². The number of urea groups is 1. The maximum absolute atomic E-state index is 11.5. The van der Waals surface area contributed by atoms with Gasteiger partial charge in [0, 0.05) is 12.1 Å². The van der Waals surface area contributed by atoms with E-state index in [1.54, 1.807) is 18.2 Å². The molecular weight excluding hydrogens is 248 g/mol. The average molecular weight is 264 g/mol. The second kappa shape index (κ2) is 7.05. The monoisotopic (exact) mass is 264 g/mol. The third-order valence-corrected chi connectivity index (χ3v) is 2.37. The van der Waals surface area contributed by atoms with Gasteiger partial charge >= 0.3 is 12.0 Å². The Bertz CT molecular complexity index is 497. The summed E-state index contributed by atoms with van der Waals surface area (Å²) in [4.78, 5) is 22.0. The zero-order valence-electron chi connectivity index (χ0n) is 10.5. The first-order valence-electron chi connectivity index (χ1n) is 5.73. The van der Waals surface area contributed by atoms with Gasteiger partial charge in [-0.1, -0.05) is 18.2 Å². The van der Waals surface area contributed by atoms with Crippen molar-refractivity contribution in [3.8, 4) is 5.75 Å². The third kappa shape index (κ3) is 5.12. The summed E-state index contributed by atoms with van der Waals surface area (Å²) in [6.07, 6.45) is 1.95. The highest BCUT2D eigenvalue weighted by Crippen LogP contribution is 2.20. The Balaban J connectivity index is 2.35. The topological polar surface area (TPSA) is 98.7 Å². The molecule has 0 aliphatic rings. The van der Waals surface area contributed by atoms with Crippen LogP contribution in [0.15, 0.2) is 35.9 Å². The normalized spacial score (nSPS) is 10.9. The molecule has 0 spiro atoms. The van der Waals surface area contributed by atoms with Crippen LogP contribution in [0.2, 0.25) is 0 Å². The van der Waals surface area contributed by atoms with E-state index in [2.05, 4.69) is 10.6 Å². The molecule has 6 heteroatoms. The smallest absolute Gasteiger partial charge is 0.330 e. The van der Waals surface area contributed by atoms with E-state index in [9.17, 15) is 14.7 Å². The highest BCUT2D eigenvalue weighted by atomic mass is 16.4. The number of hydrogen-bond acceptors (Lipinski definition) is 3. The van der Waals surface area contributed by atoms with Gasteiger partial charge in [0.1, 0.15) is 5.75 Å². The van der Waals surface area contributed by atoms with Crippen LogP contribution >= 0.6 is 0 Å². The highest BCUT2D eigenvalue weighted by Gasteiger charge is 2.04. The van der Waals surface area contributed by atoms with E-state index in [-0.39, 0.29) is 11.3 Å². The van der Waals surface area contributed by atoms with Gasteiger partial charge in [-0.05, 0) is 25.5 Å². The average Bonchev–Trinajstić information content (AvgIpc) is 2.37. The van der Waals surface area contributed by atoms with Gasteiger partial charge in [-0.15, -0.1) is 0 Å². The molecule has 19 heavy (non-hydrogen) atoms. The van der Waals surface area contributed by atoms with E-state index in [1.165, 1.54) is 19.1 Å². The zero-order chi connectivity index (χ0) is 14.3. The van der Waals surface area contributed by atoms with Crippen molar-refractivity contribution in [1.82, 2.24) is 5.32 Å². The molecule has 4 N–H and O–H groups in total. The molecule has 0 saturated heterocycles. The molecule has 2 amide bonds. The lowest BCUT2D eigenvalue weighted by Gasteiger charge is -2.07. The van der Waals surface area contributed by atoms with Gasteiger partial charge in [-0.2, -0.15) is 0 Å². The van der Waals surface area contributed by atoms with E-state index in [1.807, 2.05) is 0 Å². The summed E-state index contributed by atoms with van der Waals surface area (Å²) >= 11 is 0. The number of phenols is 1. The maximum atomic E-state index is 11.5. The molecule has 6 nitrogen and oxygen atoms in total. The van der Waals surface area contributed by atoms with Crippen molar-refractivity contribution >= 4 is 17.7 Å². The number of aromatic hydroxyl groups is 1. The number of para-hydroxylation sites is 2. The van der Waals surface area contributed by atoms with Crippen molar-refractivity contribution in [2.45, 2.75) is 13.3 Å². The van der Waals surface area contributed by atoms with Crippen molar-refractivity contribution < 1.29 is 19.8 Å². The molecule has 0 heterocycles. The largest absolute Gasteiger partial charge is 0.506 e. The molecule has 0 radical (unpaired) electrons. The first kappa shape index (κ1) is 14.6. The van der Waals surface area contributed by atoms with Gasteiger partial charge < -0.3 is 20.8 Å². The molecule has 1 aromatic carbocycles. The molecule has 0 atom stereocenters. The first-order valence-corrected chi connectivity index (χ1v) is 5.73. The fraction of sp³-hybridized carbons (Fsp3) is 0.231. The number of anilines is 1. The minimum atomic E-state index is -0.973. The number of carbonyl (C=O) groups is 2. The van der Waals surface area contributed by atoms with Crippen LogP contribution in [-0.2, 0) is 4.79 Å². The van der Waals surface area contributed by atoms with Crippen LogP contribution in [0.5, 0.6) is 5.75 Å². The lowest BCUT2D eigenvalue weighted by atomic mass is 10.2. The number of amides is 2. The van der Waals surface area contributed by atoms with Crippen molar-refractivity contribution in [3.05, 3.63) is 35.9 Å². The van der Waals surface area contributed by atoms with Gasteiger partial charge in [0.25, 0.3) is 0 Å². The van der Waals surface area contributed by atoms with Crippen molar-refractivity contribution in [2.75, 3.05) is 11.9 Å². The minimum Gasteiger partial charge on any atom is -0.506 e. The molecule has 102 valence electrons. The molecule has 0 bridgehead atoms. The first-order chi connectivity index (χ1) is 9.00. The lowest BCUT2D eigenvalue weighted by molar-refractivity contribution is -0.132. The number of phenolic OH excluding ortho intramolecular Hbond substituents is 1. The minimum absolute atomic E-state index is 0.0146. The summed E-state index contributed by atoms with van der Waals surface area (Å²) in [6.45, 7) is 1.80.